The van der Waals surface area contributed by atoms with E-state index in [9.17, 15) is 13.2 Å². The Labute approximate surface area is 107 Å². The van der Waals surface area contributed by atoms with Gasteiger partial charge in [-0.2, -0.15) is 0 Å². The molecule has 1 aromatic rings. The van der Waals surface area contributed by atoms with E-state index >= 15 is 0 Å². The van der Waals surface area contributed by atoms with Crippen molar-refractivity contribution in [1.82, 2.24) is 5.32 Å². The number of amides is 1. The lowest BCUT2D eigenvalue weighted by atomic mass is 10.2. The molecule has 6 heteroatoms. The van der Waals surface area contributed by atoms with Gasteiger partial charge in [0.1, 0.15) is 0 Å². The van der Waals surface area contributed by atoms with Crippen LogP contribution < -0.4 is 10.0 Å². The molecule has 0 atom stereocenters. The molecule has 0 saturated heterocycles. The first-order chi connectivity index (χ1) is 8.48. The van der Waals surface area contributed by atoms with E-state index in [1.54, 1.807) is 31.2 Å². The maximum Gasteiger partial charge on any atom is 0.243 e. The van der Waals surface area contributed by atoms with Gasteiger partial charge in [0.2, 0.25) is 15.9 Å². The van der Waals surface area contributed by atoms with Crippen molar-refractivity contribution >= 4 is 21.6 Å². The van der Waals surface area contributed by atoms with E-state index in [0.29, 0.717) is 11.3 Å². The SMILES string of the molecule is C=CC(=O)NCc1ccccc1NS(=O)(=O)CC. The molecular weight excluding hydrogens is 252 g/mol. The minimum Gasteiger partial charge on any atom is -0.348 e. The van der Waals surface area contributed by atoms with Gasteiger partial charge >= 0.3 is 0 Å². The lowest BCUT2D eigenvalue weighted by Gasteiger charge is -2.11. The van der Waals surface area contributed by atoms with E-state index in [1.807, 2.05) is 0 Å². The van der Waals surface area contributed by atoms with Crippen LogP contribution in [-0.4, -0.2) is 20.1 Å². The molecule has 18 heavy (non-hydrogen) atoms. The summed E-state index contributed by atoms with van der Waals surface area (Å²) in [5, 5.41) is 2.60. The van der Waals surface area contributed by atoms with Gasteiger partial charge in [0.05, 0.1) is 11.4 Å². The van der Waals surface area contributed by atoms with Crippen molar-refractivity contribution in [3.05, 3.63) is 42.5 Å². The quantitative estimate of drug-likeness (QED) is 0.762. The van der Waals surface area contributed by atoms with Crippen molar-refractivity contribution in [2.24, 2.45) is 0 Å². The van der Waals surface area contributed by atoms with Gasteiger partial charge in [0.25, 0.3) is 0 Å². The van der Waals surface area contributed by atoms with Crippen LogP contribution in [0.25, 0.3) is 0 Å². The Morgan fingerprint density at radius 3 is 2.67 bits per heavy atom. The molecule has 2 N–H and O–H groups in total. The fourth-order valence-corrected chi connectivity index (χ4v) is 1.95. The summed E-state index contributed by atoms with van der Waals surface area (Å²) in [5.74, 6) is -0.302. The number of hydrogen-bond donors (Lipinski definition) is 2. The third-order valence-corrected chi connectivity index (χ3v) is 3.59. The molecule has 0 aliphatic carbocycles. The molecule has 0 aliphatic heterocycles. The molecule has 0 saturated carbocycles. The number of sulfonamides is 1. The molecule has 0 radical (unpaired) electrons. The van der Waals surface area contributed by atoms with Gasteiger partial charge in [0, 0.05) is 6.54 Å². The number of carbonyl (C=O) groups excluding carboxylic acids is 1. The first-order valence-electron chi connectivity index (χ1n) is 5.47. The van der Waals surface area contributed by atoms with Crippen molar-refractivity contribution in [3.63, 3.8) is 0 Å². The molecule has 0 heterocycles. The second kappa shape index (κ2) is 6.20. The van der Waals surface area contributed by atoms with Crippen LogP contribution in [0.5, 0.6) is 0 Å². The molecule has 0 aromatic heterocycles. The fourth-order valence-electron chi connectivity index (χ4n) is 1.27. The Morgan fingerprint density at radius 1 is 1.39 bits per heavy atom. The summed E-state index contributed by atoms with van der Waals surface area (Å²) in [5.41, 5.74) is 1.17. The highest BCUT2D eigenvalue weighted by Gasteiger charge is 2.10. The van der Waals surface area contributed by atoms with E-state index in [-0.39, 0.29) is 18.2 Å². The summed E-state index contributed by atoms with van der Waals surface area (Å²) >= 11 is 0. The average Bonchev–Trinajstić information content (AvgIpc) is 2.37. The molecule has 1 rings (SSSR count). The lowest BCUT2D eigenvalue weighted by Crippen LogP contribution is -2.22. The largest absolute Gasteiger partial charge is 0.348 e. The summed E-state index contributed by atoms with van der Waals surface area (Å²) in [4.78, 5) is 11.1. The van der Waals surface area contributed by atoms with Gasteiger partial charge in [-0.15, -0.1) is 0 Å². The molecule has 0 spiro atoms. The van der Waals surface area contributed by atoms with Crippen molar-refractivity contribution in [2.45, 2.75) is 13.5 Å². The van der Waals surface area contributed by atoms with E-state index < -0.39 is 10.0 Å². The molecule has 1 aromatic carbocycles. The highest BCUT2D eigenvalue weighted by Crippen LogP contribution is 2.16. The summed E-state index contributed by atoms with van der Waals surface area (Å²) in [6.45, 7) is 5.15. The topological polar surface area (TPSA) is 75.3 Å². The van der Waals surface area contributed by atoms with Gasteiger partial charge in [-0.05, 0) is 24.6 Å². The molecule has 5 nitrogen and oxygen atoms in total. The Bertz CT molecular complexity index is 538. The van der Waals surface area contributed by atoms with Crippen LogP contribution in [0.1, 0.15) is 12.5 Å². The summed E-state index contributed by atoms with van der Waals surface area (Å²) in [7, 11) is -3.32. The first-order valence-corrected chi connectivity index (χ1v) is 7.12. The molecular formula is C12H16N2O3S. The maximum atomic E-state index is 11.5. The van der Waals surface area contributed by atoms with Crippen LogP contribution in [0.15, 0.2) is 36.9 Å². The Hall–Kier alpha value is -1.82. The van der Waals surface area contributed by atoms with Gasteiger partial charge in [-0.3, -0.25) is 9.52 Å². The average molecular weight is 268 g/mol. The van der Waals surface area contributed by atoms with Crippen LogP contribution in [0.4, 0.5) is 5.69 Å². The smallest absolute Gasteiger partial charge is 0.243 e. The van der Waals surface area contributed by atoms with E-state index in [0.717, 1.165) is 0 Å². The number of hydrogen-bond acceptors (Lipinski definition) is 3. The number of benzene rings is 1. The third-order valence-electron chi connectivity index (χ3n) is 2.30. The van der Waals surface area contributed by atoms with Crippen LogP contribution in [0, 0.1) is 0 Å². The second-order valence-electron chi connectivity index (χ2n) is 3.58. The highest BCUT2D eigenvalue weighted by atomic mass is 32.2. The van der Waals surface area contributed by atoms with E-state index in [2.05, 4.69) is 16.6 Å². The molecule has 98 valence electrons. The zero-order chi connectivity index (χ0) is 13.6. The zero-order valence-corrected chi connectivity index (χ0v) is 11.0. The third kappa shape index (κ3) is 4.21. The molecule has 0 bridgehead atoms. The monoisotopic (exact) mass is 268 g/mol. The van der Waals surface area contributed by atoms with Crippen molar-refractivity contribution in [2.75, 3.05) is 10.5 Å². The van der Waals surface area contributed by atoms with Gasteiger partial charge in [-0.1, -0.05) is 24.8 Å². The number of para-hydroxylation sites is 1. The lowest BCUT2D eigenvalue weighted by molar-refractivity contribution is -0.116. The zero-order valence-electron chi connectivity index (χ0n) is 10.1. The minimum absolute atomic E-state index is 0.000348. The fraction of sp³-hybridized carbons (Fsp3) is 0.250. The number of carbonyl (C=O) groups is 1. The molecule has 0 aliphatic rings. The van der Waals surface area contributed by atoms with Gasteiger partial charge in [-0.25, -0.2) is 8.42 Å². The molecule has 1 amide bonds. The maximum absolute atomic E-state index is 11.5. The summed E-state index contributed by atoms with van der Waals surface area (Å²) in [6.07, 6.45) is 1.17. The predicted molar refractivity (Wildman–Crippen MR) is 71.6 cm³/mol. The number of rotatable bonds is 6. The highest BCUT2D eigenvalue weighted by molar-refractivity contribution is 7.92. The van der Waals surface area contributed by atoms with E-state index in [1.165, 1.54) is 6.08 Å². The number of nitrogens with one attached hydrogen (secondary N) is 2. The Balaban J connectivity index is 2.86. The second-order valence-corrected chi connectivity index (χ2v) is 5.60. The van der Waals surface area contributed by atoms with Crippen LogP contribution in [0.2, 0.25) is 0 Å². The van der Waals surface area contributed by atoms with Crippen LogP contribution >= 0.6 is 0 Å². The number of anilines is 1. The Kier molecular flexibility index (Phi) is 4.91. The summed E-state index contributed by atoms with van der Waals surface area (Å²) < 4.78 is 25.5. The minimum atomic E-state index is -3.32. The van der Waals surface area contributed by atoms with Crippen LogP contribution in [-0.2, 0) is 21.4 Å². The first kappa shape index (κ1) is 14.2. The molecule has 0 unspecified atom stereocenters. The van der Waals surface area contributed by atoms with Gasteiger partial charge in [0.15, 0.2) is 0 Å². The Morgan fingerprint density at radius 2 is 2.06 bits per heavy atom. The van der Waals surface area contributed by atoms with Crippen LogP contribution in [0.3, 0.4) is 0 Å². The summed E-state index contributed by atoms with van der Waals surface area (Å²) in [6, 6.07) is 6.91. The predicted octanol–water partition coefficient (Wildman–Crippen LogP) is 1.25. The van der Waals surface area contributed by atoms with E-state index in [4.69, 9.17) is 0 Å². The standard InChI is InChI=1S/C12H16N2O3S/c1-3-12(15)13-9-10-7-5-6-8-11(10)14-18(16,17)4-2/h3,5-8,14H,1,4,9H2,2H3,(H,13,15). The molecule has 0 fully saturated rings. The van der Waals surface area contributed by atoms with Crippen molar-refractivity contribution < 1.29 is 13.2 Å². The normalized spacial score (nSPS) is 10.7. The van der Waals surface area contributed by atoms with Crippen molar-refractivity contribution in [1.29, 1.82) is 0 Å². The van der Waals surface area contributed by atoms with Gasteiger partial charge < -0.3 is 5.32 Å². The van der Waals surface area contributed by atoms with Crippen molar-refractivity contribution in [3.8, 4) is 0 Å².